The van der Waals surface area contributed by atoms with Crippen LogP contribution in [0, 0.1) is 0 Å². The lowest BCUT2D eigenvalue weighted by atomic mass is 10.2. The molecule has 0 aliphatic rings. The van der Waals surface area contributed by atoms with Gasteiger partial charge in [0.25, 0.3) is 0 Å². The minimum Gasteiger partial charge on any atom is -0.490 e. The summed E-state index contributed by atoms with van der Waals surface area (Å²) >= 11 is 6.03. The van der Waals surface area contributed by atoms with Gasteiger partial charge < -0.3 is 19.5 Å². The van der Waals surface area contributed by atoms with Crippen LogP contribution in [-0.4, -0.2) is 25.9 Å². The molecular formula is C22H30ClNO3. The fraction of sp³-hybridized carbons (Fsp3) is 0.455. The van der Waals surface area contributed by atoms with Gasteiger partial charge in [-0.2, -0.15) is 0 Å². The van der Waals surface area contributed by atoms with Gasteiger partial charge in [0, 0.05) is 18.2 Å². The summed E-state index contributed by atoms with van der Waals surface area (Å²) in [6.45, 7) is 9.62. The molecule has 0 unspecified atom stereocenters. The quantitative estimate of drug-likeness (QED) is 0.503. The molecule has 1 N–H and O–H groups in total. The monoisotopic (exact) mass is 391 g/mol. The van der Waals surface area contributed by atoms with Crippen molar-refractivity contribution in [1.82, 2.24) is 5.32 Å². The number of ether oxygens (including phenoxy) is 3. The molecule has 2 aromatic rings. The van der Waals surface area contributed by atoms with E-state index in [0.29, 0.717) is 24.3 Å². The van der Waals surface area contributed by atoms with Crippen LogP contribution in [0.4, 0.5) is 0 Å². The molecule has 0 aliphatic carbocycles. The summed E-state index contributed by atoms with van der Waals surface area (Å²) in [5.41, 5.74) is 2.19. The van der Waals surface area contributed by atoms with Gasteiger partial charge in [0.15, 0.2) is 11.5 Å². The van der Waals surface area contributed by atoms with Gasteiger partial charge in [-0.3, -0.25) is 0 Å². The molecule has 2 aromatic carbocycles. The van der Waals surface area contributed by atoms with Crippen molar-refractivity contribution in [3.63, 3.8) is 0 Å². The Bertz CT molecular complexity index is 691. The third-order valence-electron chi connectivity index (χ3n) is 3.87. The van der Waals surface area contributed by atoms with Crippen LogP contribution in [0.2, 0.25) is 5.02 Å². The number of halogens is 1. The SMILES string of the molecule is CCOc1cc(CNCCCOC(C)C)ccc1OCc1cccc(Cl)c1. The Morgan fingerprint density at radius 3 is 2.59 bits per heavy atom. The zero-order valence-corrected chi connectivity index (χ0v) is 17.2. The van der Waals surface area contributed by atoms with Crippen molar-refractivity contribution in [3.8, 4) is 11.5 Å². The minimum absolute atomic E-state index is 0.290. The molecule has 148 valence electrons. The van der Waals surface area contributed by atoms with E-state index in [1.54, 1.807) is 0 Å². The third kappa shape index (κ3) is 8.21. The number of hydrogen-bond acceptors (Lipinski definition) is 4. The lowest BCUT2D eigenvalue weighted by Crippen LogP contribution is -2.17. The molecule has 5 heteroatoms. The molecule has 0 spiro atoms. The summed E-state index contributed by atoms with van der Waals surface area (Å²) in [6.07, 6.45) is 1.29. The van der Waals surface area contributed by atoms with Crippen molar-refractivity contribution >= 4 is 11.6 Å². The second-order valence-corrected chi connectivity index (χ2v) is 7.02. The molecule has 27 heavy (non-hydrogen) atoms. The van der Waals surface area contributed by atoms with Gasteiger partial charge in [-0.1, -0.05) is 29.8 Å². The van der Waals surface area contributed by atoms with E-state index in [4.69, 9.17) is 25.8 Å². The average Bonchev–Trinajstić information content (AvgIpc) is 2.64. The number of nitrogens with one attached hydrogen (secondary N) is 1. The van der Waals surface area contributed by atoms with Crippen LogP contribution >= 0.6 is 11.6 Å². The van der Waals surface area contributed by atoms with Crippen molar-refractivity contribution in [2.75, 3.05) is 19.8 Å². The highest BCUT2D eigenvalue weighted by Crippen LogP contribution is 2.29. The summed E-state index contributed by atoms with van der Waals surface area (Å²) in [4.78, 5) is 0. The molecule has 0 atom stereocenters. The van der Waals surface area contributed by atoms with Gasteiger partial charge >= 0.3 is 0 Å². The first-order valence-electron chi connectivity index (χ1n) is 9.53. The Morgan fingerprint density at radius 1 is 1.00 bits per heavy atom. The molecule has 0 fully saturated rings. The van der Waals surface area contributed by atoms with Crippen molar-refractivity contribution in [2.45, 2.75) is 46.4 Å². The maximum atomic E-state index is 6.03. The molecule has 0 aliphatic heterocycles. The fourth-order valence-corrected chi connectivity index (χ4v) is 2.80. The standard InChI is InChI=1S/C22H30ClNO3/c1-4-25-22-14-18(15-24-11-6-12-26-17(2)3)9-10-21(22)27-16-19-7-5-8-20(23)13-19/h5,7-10,13-14,17,24H,4,6,11-12,15-16H2,1-3H3. The summed E-state index contributed by atoms with van der Waals surface area (Å²) in [7, 11) is 0. The molecule has 0 saturated carbocycles. The average molecular weight is 392 g/mol. The second-order valence-electron chi connectivity index (χ2n) is 6.58. The van der Waals surface area contributed by atoms with Gasteiger partial charge in [0.1, 0.15) is 6.61 Å². The van der Waals surface area contributed by atoms with Crippen molar-refractivity contribution in [2.24, 2.45) is 0 Å². The molecular weight excluding hydrogens is 362 g/mol. The van der Waals surface area contributed by atoms with Crippen LogP contribution in [0.15, 0.2) is 42.5 Å². The maximum Gasteiger partial charge on any atom is 0.161 e. The van der Waals surface area contributed by atoms with E-state index in [1.165, 1.54) is 5.56 Å². The first-order chi connectivity index (χ1) is 13.1. The lowest BCUT2D eigenvalue weighted by molar-refractivity contribution is 0.0770. The zero-order valence-electron chi connectivity index (χ0n) is 16.5. The van der Waals surface area contributed by atoms with E-state index in [0.717, 1.165) is 43.2 Å². The highest BCUT2D eigenvalue weighted by Gasteiger charge is 2.07. The predicted octanol–water partition coefficient (Wildman–Crippen LogP) is 5.22. The summed E-state index contributed by atoms with van der Waals surface area (Å²) in [5, 5.41) is 4.15. The lowest BCUT2D eigenvalue weighted by Gasteiger charge is -2.14. The van der Waals surface area contributed by atoms with E-state index >= 15 is 0 Å². The van der Waals surface area contributed by atoms with Crippen LogP contribution in [0.1, 0.15) is 38.3 Å². The van der Waals surface area contributed by atoms with Crippen LogP contribution < -0.4 is 14.8 Å². The molecule has 0 saturated heterocycles. The molecule has 4 nitrogen and oxygen atoms in total. The van der Waals surface area contributed by atoms with E-state index in [9.17, 15) is 0 Å². The van der Waals surface area contributed by atoms with Crippen molar-refractivity contribution < 1.29 is 14.2 Å². The van der Waals surface area contributed by atoms with E-state index < -0.39 is 0 Å². The normalized spacial score (nSPS) is 11.0. The Morgan fingerprint density at radius 2 is 1.85 bits per heavy atom. The fourth-order valence-electron chi connectivity index (χ4n) is 2.59. The molecule has 0 amide bonds. The molecule has 0 radical (unpaired) electrons. The van der Waals surface area contributed by atoms with Gasteiger partial charge in [-0.25, -0.2) is 0 Å². The first-order valence-corrected chi connectivity index (χ1v) is 9.91. The third-order valence-corrected chi connectivity index (χ3v) is 4.10. The summed E-state index contributed by atoms with van der Waals surface area (Å²) in [5.74, 6) is 1.51. The number of rotatable bonds is 12. The number of hydrogen-bond donors (Lipinski definition) is 1. The van der Waals surface area contributed by atoms with Gasteiger partial charge in [-0.05, 0) is 69.1 Å². The second kappa shape index (κ2) is 11.9. The minimum atomic E-state index is 0.290. The number of benzene rings is 2. The Labute approximate surface area is 167 Å². The van der Waals surface area contributed by atoms with Crippen molar-refractivity contribution in [3.05, 3.63) is 58.6 Å². The summed E-state index contributed by atoms with van der Waals surface area (Å²) < 4.78 is 17.3. The summed E-state index contributed by atoms with van der Waals surface area (Å²) in [6, 6.07) is 13.7. The highest BCUT2D eigenvalue weighted by atomic mass is 35.5. The topological polar surface area (TPSA) is 39.7 Å². The largest absolute Gasteiger partial charge is 0.490 e. The zero-order chi connectivity index (χ0) is 19.5. The Balaban J connectivity index is 1.87. The van der Waals surface area contributed by atoms with Crippen LogP contribution in [-0.2, 0) is 17.9 Å². The Hall–Kier alpha value is -1.75. The Kier molecular flexibility index (Phi) is 9.46. The first kappa shape index (κ1) is 21.5. The van der Waals surface area contributed by atoms with E-state index in [-0.39, 0.29) is 0 Å². The molecule has 0 heterocycles. The molecule has 0 aromatic heterocycles. The van der Waals surface area contributed by atoms with Gasteiger partial charge in [0.05, 0.1) is 12.7 Å². The molecule has 0 bridgehead atoms. The predicted molar refractivity (Wildman–Crippen MR) is 111 cm³/mol. The van der Waals surface area contributed by atoms with Crippen LogP contribution in [0.5, 0.6) is 11.5 Å². The molecule has 2 rings (SSSR count). The van der Waals surface area contributed by atoms with Gasteiger partial charge in [-0.15, -0.1) is 0 Å². The van der Waals surface area contributed by atoms with E-state index in [2.05, 4.69) is 25.2 Å². The van der Waals surface area contributed by atoms with Crippen LogP contribution in [0.25, 0.3) is 0 Å². The van der Waals surface area contributed by atoms with Gasteiger partial charge in [0.2, 0.25) is 0 Å². The smallest absolute Gasteiger partial charge is 0.161 e. The highest BCUT2D eigenvalue weighted by molar-refractivity contribution is 6.30. The van der Waals surface area contributed by atoms with E-state index in [1.807, 2.05) is 43.3 Å². The maximum absolute atomic E-state index is 6.03. The van der Waals surface area contributed by atoms with Crippen LogP contribution in [0.3, 0.4) is 0 Å². The van der Waals surface area contributed by atoms with Crippen molar-refractivity contribution in [1.29, 1.82) is 0 Å².